The van der Waals surface area contributed by atoms with Crippen LogP contribution >= 0.6 is 24.0 Å². The SMILES string of the molecule is CCOCCCNC(N)=NCC(CC)Oc1cccc(F)c1.I. The Morgan fingerprint density at radius 2 is 2.17 bits per heavy atom. The number of benzene rings is 1. The lowest BCUT2D eigenvalue weighted by Crippen LogP contribution is -2.34. The maximum Gasteiger partial charge on any atom is 0.188 e. The van der Waals surface area contributed by atoms with Crippen molar-refractivity contribution < 1.29 is 13.9 Å². The first kappa shape index (κ1) is 21.9. The van der Waals surface area contributed by atoms with Gasteiger partial charge in [0.05, 0.1) is 6.54 Å². The van der Waals surface area contributed by atoms with Crippen LogP contribution < -0.4 is 15.8 Å². The highest BCUT2D eigenvalue weighted by Gasteiger charge is 2.08. The van der Waals surface area contributed by atoms with Gasteiger partial charge in [0.25, 0.3) is 0 Å². The van der Waals surface area contributed by atoms with Crippen molar-refractivity contribution in [1.29, 1.82) is 0 Å². The predicted octanol–water partition coefficient (Wildman–Crippen LogP) is 2.93. The summed E-state index contributed by atoms with van der Waals surface area (Å²) in [6.07, 6.45) is 1.50. The standard InChI is InChI=1S/C16H26FN3O2.HI/c1-3-14(22-15-8-5-7-13(17)11-15)12-20-16(18)19-9-6-10-21-4-2;/h5,7-8,11,14H,3-4,6,9-10,12H2,1-2H3,(H3,18,19,20);1H. The summed E-state index contributed by atoms with van der Waals surface area (Å²) in [4.78, 5) is 4.26. The molecule has 1 unspecified atom stereocenters. The van der Waals surface area contributed by atoms with Gasteiger partial charge < -0.3 is 20.5 Å². The lowest BCUT2D eigenvalue weighted by Gasteiger charge is -2.16. The summed E-state index contributed by atoms with van der Waals surface area (Å²) in [5.74, 6) is 0.578. The Morgan fingerprint density at radius 1 is 1.39 bits per heavy atom. The number of hydrogen-bond donors (Lipinski definition) is 2. The normalized spacial score (nSPS) is 12.4. The third kappa shape index (κ3) is 10.3. The van der Waals surface area contributed by atoms with E-state index in [1.54, 1.807) is 12.1 Å². The first-order valence-corrected chi connectivity index (χ1v) is 7.69. The number of halogens is 2. The van der Waals surface area contributed by atoms with Gasteiger partial charge in [0, 0.05) is 25.8 Å². The molecule has 0 heterocycles. The molecule has 7 heteroatoms. The molecule has 5 nitrogen and oxygen atoms in total. The molecule has 1 aromatic rings. The Labute approximate surface area is 154 Å². The Morgan fingerprint density at radius 3 is 2.83 bits per heavy atom. The third-order valence-electron chi connectivity index (χ3n) is 3.00. The Balaban J connectivity index is 0.00000484. The minimum Gasteiger partial charge on any atom is -0.488 e. The maximum absolute atomic E-state index is 13.1. The molecule has 0 bridgehead atoms. The minimum atomic E-state index is -0.314. The van der Waals surface area contributed by atoms with E-state index in [1.165, 1.54) is 12.1 Å². The molecule has 1 rings (SSSR count). The zero-order chi connectivity index (χ0) is 16.2. The highest BCUT2D eigenvalue weighted by atomic mass is 127. The molecule has 132 valence electrons. The van der Waals surface area contributed by atoms with Crippen LogP contribution in [0.2, 0.25) is 0 Å². The number of nitrogens with two attached hydrogens (primary N) is 1. The average Bonchev–Trinajstić information content (AvgIpc) is 2.51. The smallest absolute Gasteiger partial charge is 0.188 e. The van der Waals surface area contributed by atoms with Crippen LogP contribution in [-0.4, -0.2) is 38.4 Å². The molecule has 0 amide bonds. The fourth-order valence-corrected chi connectivity index (χ4v) is 1.77. The fraction of sp³-hybridized carbons (Fsp3) is 0.562. The van der Waals surface area contributed by atoms with Crippen LogP contribution in [0.4, 0.5) is 4.39 Å². The first-order valence-electron chi connectivity index (χ1n) is 7.69. The van der Waals surface area contributed by atoms with Gasteiger partial charge >= 0.3 is 0 Å². The third-order valence-corrected chi connectivity index (χ3v) is 3.00. The molecule has 0 saturated heterocycles. The van der Waals surface area contributed by atoms with E-state index in [0.717, 1.165) is 26.0 Å². The summed E-state index contributed by atoms with van der Waals surface area (Å²) in [5.41, 5.74) is 5.79. The van der Waals surface area contributed by atoms with Gasteiger partial charge in [-0.3, -0.25) is 0 Å². The van der Waals surface area contributed by atoms with E-state index < -0.39 is 0 Å². The van der Waals surface area contributed by atoms with Gasteiger partial charge in [0.1, 0.15) is 17.7 Å². The molecule has 1 atom stereocenters. The topological polar surface area (TPSA) is 68.9 Å². The van der Waals surface area contributed by atoms with E-state index in [0.29, 0.717) is 24.9 Å². The van der Waals surface area contributed by atoms with Crippen LogP contribution in [0.3, 0.4) is 0 Å². The summed E-state index contributed by atoms with van der Waals surface area (Å²) in [6, 6.07) is 6.09. The van der Waals surface area contributed by atoms with Crippen molar-refractivity contribution in [3.63, 3.8) is 0 Å². The van der Waals surface area contributed by atoms with E-state index in [1.807, 2.05) is 13.8 Å². The zero-order valence-corrected chi connectivity index (χ0v) is 16.1. The average molecular weight is 439 g/mol. The molecule has 1 aromatic carbocycles. The van der Waals surface area contributed by atoms with E-state index in [9.17, 15) is 4.39 Å². The number of hydrogen-bond acceptors (Lipinski definition) is 3. The number of rotatable bonds is 10. The van der Waals surface area contributed by atoms with Crippen molar-refractivity contribution in [2.75, 3.05) is 26.3 Å². The Bertz CT molecular complexity index is 461. The zero-order valence-electron chi connectivity index (χ0n) is 13.8. The Kier molecular flexibility index (Phi) is 12.7. The van der Waals surface area contributed by atoms with Gasteiger partial charge in [-0.25, -0.2) is 9.38 Å². The van der Waals surface area contributed by atoms with Crippen LogP contribution in [0.1, 0.15) is 26.7 Å². The lowest BCUT2D eigenvalue weighted by atomic mass is 10.2. The molecule has 0 aliphatic rings. The molecule has 0 spiro atoms. The first-order chi connectivity index (χ1) is 10.7. The van der Waals surface area contributed by atoms with Crippen molar-refractivity contribution >= 4 is 29.9 Å². The number of guanidine groups is 1. The van der Waals surface area contributed by atoms with Crippen molar-refractivity contribution in [2.45, 2.75) is 32.8 Å². The highest BCUT2D eigenvalue weighted by molar-refractivity contribution is 14.0. The molecular weight excluding hydrogens is 412 g/mol. The molecule has 3 N–H and O–H groups in total. The highest BCUT2D eigenvalue weighted by Crippen LogP contribution is 2.15. The summed E-state index contributed by atoms with van der Waals surface area (Å²) in [6.45, 7) is 6.53. The van der Waals surface area contributed by atoms with Crippen molar-refractivity contribution in [3.05, 3.63) is 30.1 Å². The largest absolute Gasteiger partial charge is 0.488 e. The summed E-state index contributed by atoms with van der Waals surface area (Å²) >= 11 is 0. The van der Waals surface area contributed by atoms with Crippen LogP contribution in [-0.2, 0) is 4.74 Å². The maximum atomic E-state index is 13.1. The van der Waals surface area contributed by atoms with Gasteiger partial charge in [0.2, 0.25) is 0 Å². The van der Waals surface area contributed by atoms with Gasteiger partial charge in [-0.2, -0.15) is 0 Å². The second-order valence-corrected chi connectivity index (χ2v) is 4.81. The fourth-order valence-electron chi connectivity index (χ4n) is 1.77. The van der Waals surface area contributed by atoms with Crippen LogP contribution in [0.25, 0.3) is 0 Å². The number of ether oxygens (including phenoxy) is 2. The molecule has 0 aliphatic carbocycles. The number of nitrogens with one attached hydrogen (secondary N) is 1. The van der Waals surface area contributed by atoms with Crippen molar-refractivity contribution in [2.24, 2.45) is 10.7 Å². The van der Waals surface area contributed by atoms with Gasteiger partial charge in [-0.05, 0) is 31.9 Å². The molecular formula is C16H27FIN3O2. The monoisotopic (exact) mass is 439 g/mol. The number of aliphatic imine (C=N–C) groups is 1. The Hall–Kier alpha value is -1.09. The lowest BCUT2D eigenvalue weighted by molar-refractivity contribution is 0.145. The van der Waals surface area contributed by atoms with Gasteiger partial charge in [-0.15, -0.1) is 24.0 Å². The van der Waals surface area contributed by atoms with Crippen molar-refractivity contribution in [3.8, 4) is 5.75 Å². The predicted molar refractivity (Wildman–Crippen MR) is 102 cm³/mol. The van der Waals surface area contributed by atoms with Crippen LogP contribution in [0, 0.1) is 5.82 Å². The molecule has 0 aromatic heterocycles. The summed E-state index contributed by atoms with van der Waals surface area (Å²) in [7, 11) is 0. The van der Waals surface area contributed by atoms with Crippen molar-refractivity contribution in [1.82, 2.24) is 5.32 Å². The molecule has 0 saturated carbocycles. The van der Waals surface area contributed by atoms with Gasteiger partial charge in [0.15, 0.2) is 5.96 Å². The van der Waals surface area contributed by atoms with Gasteiger partial charge in [-0.1, -0.05) is 13.0 Å². The van der Waals surface area contributed by atoms with E-state index in [4.69, 9.17) is 15.2 Å². The van der Waals surface area contributed by atoms with Crippen LogP contribution in [0.5, 0.6) is 5.75 Å². The molecule has 0 aliphatic heterocycles. The number of nitrogens with zero attached hydrogens (tertiary/aromatic N) is 1. The van der Waals surface area contributed by atoms with E-state index in [2.05, 4.69) is 10.3 Å². The second kappa shape index (κ2) is 13.4. The molecule has 0 radical (unpaired) electrons. The second-order valence-electron chi connectivity index (χ2n) is 4.81. The molecule has 23 heavy (non-hydrogen) atoms. The minimum absolute atomic E-state index is 0. The van der Waals surface area contributed by atoms with E-state index in [-0.39, 0.29) is 35.9 Å². The van der Waals surface area contributed by atoms with Crippen LogP contribution in [0.15, 0.2) is 29.3 Å². The quantitative estimate of drug-likeness (QED) is 0.255. The molecule has 0 fully saturated rings. The summed E-state index contributed by atoms with van der Waals surface area (Å²) in [5, 5.41) is 3.03. The van der Waals surface area contributed by atoms with E-state index >= 15 is 0 Å². The summed E-state index contributed by atoms with van der Waals surface area (Å²) < 4.78 is 24.1.